The van der Waals surface area contributed by atoms with Crippen molar-refractivity contribution in [1.29, 1.82) is 10.5 Å². The smallest absolute Gasteiger partial charge is 0.236 e. The number of piperidine rings is 1. The Balaban J connectivity index is 2.52. The summed E-state index contributed by atoms with van der Waals surface area (Å²) in [6, 6.07) is 5.07. The van der Waals surface area contributed by atoms with E-state index >= 15 is 0 Å². The van der Waals surface area contributed by atoms with Crippen LogP contribution in [0.4, 0.5) is 0 Å². The summed E-state index contributed by atoms with van der Waals surface area (Å²) in [5.41, 5.74) is 0. The second-order valence-corrected chi connectivity index (χ2v) is 6.12. The quantitative estimate of drug-likeness (QED) is 0.703. The third-order valence-electron chi connectivity index (χ3n) is 4.53. The van der Waals surface area contributed by atoms with E-state index in [0.29, 0.717) is 44.6 Å². The number of nitriles is 2. The lowest BCUT2D eigenvalue weighted by molar-refractivity contribution is -0.132. The van der Waals surface area contributed by atoms with E-state index in [9.17, 15) is 4.79 Å². The van der Waals surface area contributed by atoms with Gasteiger partial charge < -0.3 is 9.80 Å². The molecule has 0 spiro atoms. The van der Waals surface area contributed by atoms with Gasteiger partial charge >= 0.3 is 0 Å². The summed E-state index contributed by atoms with van der Waals surface area (Å²) in [4.78, 5) is 18.5. The molecule has 6 heteroatoms. The second kappa shape index (κ2) is 9.40. The van der Waals surface area contributed by atoms with E-state index in [1.807, 2.05) is 7.05 Å². The Bertz CT molecular complexity index is 421. The van der Waals surface area contributed by atoms with Crippen molar-refractivity contribution in [2.24, 2.45) is 0 Å². The fraction of sp³-hybridized carbons (Fsp3) is 0.812. The van der Waals surface area contributed by atoms with Gasteiger partial charge in [0.2, 0.25) is 5.91 Å². The molecule has 0 saturated carbocycles. The van der Waals surface area contributed by atoms with Crippen LogP contribution < -0.4 is 0 Å². The largest absolute Gasteiger partial charge is 0.340 e. The van der Waals surface area contributed by atoms with E-state index in [1.54, 1.807) is 4.90 Å². The fourth-order valence-electron chi connectivity index (χ4n) is 2.84. The molecule has 1 saturated heterocycles. The Hall–Kier alpha value is -1.63. The van der Waals surface area contributed by atoms with Crippen molar-refractivity contribution in [2.75, 3.05) is 40.3 Å². The number of carbonyl (C=O) groups excluding carboxylic acids is 1. The van der Waals surface area contributed by atoms with Gasteiger partial charge in [0.15, 0.2) is 0 Å². The van der Waals surface area contributed by atoms with Gasteiger partial charge in [-0.05, 0) is 40.4 Å². The molecule has 2 atom stereocenters. The Labute approximate surface area is 133 Å². The first kappa shape index (κ1) is 18.4. The summed E-state index contributed by atoms with van der Waals surface area (Å²) < 4.78 is 0. The maximum Gasteiger partial charge on any atom is 0.236 e. The summed E-state index contributed by atoms with van der Waals surface area (Å²) in [7, 11) is 4.13. The molecule has 22 heavy (non-hydrogen) atoms. The van der Waals surface area contributed by atoms with E-state index in [1.165, 1.54) is 0 Å². The van der Waals surface area contributed by atoms with E-state index in [2.05, 4.69) is 35.9 Å². The van der Waals surface area contributed by atoms with Crippen LogP contribution in [0, 0.1) is 22.7 Å². The van der Waals surface area contributed by atoms with E-state index in [-0.39, 0.29) is 5.91 Å². The summed E-state index contributed by atoms with van der Waals surface area (Å²) in [5.74, 6) is 0.0135. The number of nitrogens with zero attached hydrogens (tertiary/aromatic N) is 5. The molecule has 122 valence electrons. The first-order valence-electron chi connectivity index (χ1n) is 7.91. The molecule has 0 aromatic heterocycles. The predicted octanol–water partition coefficient (Wildman–Crippen LogP) is 1.06. The van der Waals surface area contributed by atoms with Crippen LogP contribution in [0.25, 0.3) is 0 Å². The van der Waals surface area contributed by atoms with Crippen LogP contribution in [0.3, 0.4) is 0 Å². The minimum absolute atomic E-state index is 0.0135. The molecule has 0 aromatic rings. The minimum Gasteiger partial charge on any atom is -0.340 e. The maximum atomic E-state index is 12.4. The van der Waals surface area contributed by atoms with Crippen molar-refractivity contribution in [3.05, 3.63) is 0 Å². The minimum atomic E-state index is 0.0135. The SMILES string of the molecule is CC1CC(N(C)CC(=O)N(CCC#N)CCC#N)CCN1C. The second-order valence-electron chi connectivity index (χ2n) is 6.12. The molecule has 1 amide bonds. The van der Waals surface area contributed by atoms with Gasteiger partial charge in [-0.1, -0.05) is 0 Å². The number of amides is 1. The van der Waals surface area contributed by atoms with Gasteiger partial charge in [0.1, 0.15) is 0 Å². The Morgan fingerprint density at radius 1 is 1.27 bits per heavy atom. The van der Waals surface area contributed by atoms with Crippen LogP contribution >= 0.6 is 0 Å². The highest BCUT2D eigenvalue weighted by Gasteiger charge is 2.27. The Morgan fingerprint density at radius 3 is 2.36 bits per heavy atom. The molecule has 0 aromatic carbocycles. The van der Waals surface area contributed by atoms with Crippen LogP contribution in [-0.4, -0.2) is 73.0 Å². The fourth-order valence-corrected chi connectivity index (χ4v) is 2.84. The zero-order valence-corrected chi connectivity index (χ0v) is 14.0. The van der Waals surface area contributed by atoms with Gasteiger partial charge in [0.25, 0.3) is 0 Å². The number of carbonyl (C=O) groups is 1. The molecule has 1 aliphatic heterocycles. The van der Waals surface area contributed by atoms with Crippen molar-refractivity contribution >= 4 is 5.91 Å². The van der Waals surface area contributed by atoms with Crippen LogP contribution in [0.1, 0.15) is 32.6 Å². The van der Waals surface area contributed by atoms with Crippen molar-refractivity contribution < 1.29 is 4.79 Å². The van der Waals surface area contributed by atoms with Crippen LogP contribution in [0.5, 0.6) is 0 Å². The normalized spacial score (nSPS) is 22.1. The molecule has 1 fully saturated rings. The summed E-state index contributed by atoms with van der Waals surface area (Å²) in [6.45, 7) is 4.45. The molecule has 0 radical (unpaired) electrons. The summed E-state index contributed by atoms with van der Waals surface area (Å²) in [6.07, 6.45) is 2.76. The van der Waals surface area contributed by atoms with Crippen LogP contribution in [-0.2, 0) is 4.79 Å². The third kappa shape index (κ3) is 5.63. The van der Waals surface area contributed by atoms with Gasteiger partial charge in [-0.2, -0.15) is 10.5 Å². The predicted molar refractivity (Wildman–Crippen MR) is 84.8 cm³/mol. The highest BCUT2D eigenvalue weighted by molar-refractivity contribution is 5.78. The number of hydrogen-bond donors (Lipinski definition) is 0. The van der Waals surface area contributed by atoms with Gasteiger partial charge in [-0.3, -0.25) is 9.69 Å². The molecule has 1 heterocycles. The van der Waals surface area contributed by atoms with Crippen molar-refractivity contribution in [1.82, 2.24) is 14.7 Å². The first-order valence-corrected chi connectivity index (χ1v) is 7.91. The lowest BCUT2D eigenvalue weighted by atomic mass is 9.98. The van der Waals surface area contributed by atoms with Crippen molar-refractivity contribution in [3.8, 4) is 12.1 Å². The van der Waals surface area contributed by atoms with Gasteiger partial charge in [0.05, 0.1) is 31.5 Å². The Kier molecular flexibility index (Phi) is 7.87. The van der Waals surface area contributed by atoms with E-state index in [4.69, 9.17) is 10.5 Å². The molecule has 0 aliphatic carbocycles. The lowest BCUT2D eigenvalue weighted by Gasteiger charge is -2.39. The van der Waals surface area contributed by atoms with Gasteiger partial charge in [-0.15, -0.1) is 0 Å². The zero-order valence-electron chi connectivity index (χ0n) is 14.0. The summed E-state index contributed by atoms with van der Waals surface area (Å²) >= 11 is 0. The summed E-state index contributed by atoms with van der Waals surface area (Å²) in [5, 5.41) is 17.4. The topological polar surface area (TPSA) is 74.4 Å². The van der Waals surface area contributed by atoms with Crippen molar-refractivity contribution in [2.45, 2.75) is 44.7 Å². The standard InChI is InChI=1S/C16H27N5O/c1-14-12-15(6-11-19(14)2)20(3)13-16(22)21(9-4-7-17)10-5-8-18/h14-15H,4-6,9-13H2,1-3H3. The lowest BCUT2D eigenvalue weighted by Crippen LogP contribution is -2.49. The average Bonchev–Trinajstić information content (AvgIpc) is 2.49. The number of rotatable bonds is 7. The zero-order chi connectivity index (χ0) is 16.5. The average molecular weight is 305 g/mol. The highest BCUT2D eigenvalue weighted by atomic mass is 16.2. The molecule has 0 N–H and O–H groups in total. The number of hydrogen-bond acceptors (Lipinski definition) is 5. The van der Waals surface area contributed by atoms with Gasteiger partial charge in [0, 0.05) is 25.2 Å². The molecule has 1 aliphatic rings. The van der Waals surface area contributed by atoms with Gasteiger partial charge in [-0.25, -0.2) is 0 Å². The molecule has 0 bridgehead atoms. The first-order chi connectivity index (χ1) is 10.5. The molecule has 2 unspecified atom stereocenters. The molecular weight excluding hydrogens is 278 g/mol. The molecular formula is C16H27N5O. The monoisotopic (exact) mass is 305 g/mol. The number of likely N-dealkylation sites (N-methyl/N-ethyl adjacent to an activating group) is 1. The third-order valence-corrected chi connectivity index (χ3v) is 4.53. The highest BCUT2D eigenvalue weighted by Crippen LogP contribution is 2.19. The maximum absolute atomic E-state index is 12.4. The van der Waals surface area contributed by atoms with E-state index < -0.39 is 0 Å². The van der Waals surface area contributed by atoms with Crippen LogP contribution in [0.2, 0.25) is 0 Å². The Morgan fingerprint density at radius 2 is 1.86 bits per heavy atom. The van der Waals surface area contributed by atoms with E-state index in [0.717, 1.165) is 19.4 Å². The molecule has 1 rings (SSSR count). The number of likely N-dealkylation sites (tertiary alicyclic amines) is 1. The van der Waals surface area contributed by atoms with Crippen molar-refractivity contribution in [3.63, 3.8) is 0 Å². The molecule has 6 nitrogen and oxygen atoms in total. The van der Waals surface area contributed by atoms with Crippen LogP contribution in [0.15, 0.2) is 0 Å².